The molecule has 0 aromatic heterocycles. The third-order valence-corrected chi connectivity index (χ3v) is 6.55. The van der Waals surface area contributed by atoms with Gasteiger partial charge in [-0.1, -0.05) is 54.6 Å². The highest BCUT2D eigenvalue weighted by Crippen LogP contribution is 2.30. The quantitative estimate of drug-likeness (QED) is 0.136. The highest BCUT2D eigenvalue weighted by Gasteiger charge is 2.37. The number of ether oxygens (including phenoxy) is 1. The number of hydrogen-bond donors (Lipinski definition) is 1. The maximum Gasteiger partial charge on any atom is 0.335 e. The number of urea groups is 1. The number of barbiturate groups is 1. The average molecular weight is 572 g/mol. The lowest BCUT2D eigenvalue weighted by atomic mass is 10.1. The predicted octanol–water partition coefficient (Wildman–Crippen LogP) is 5.76. The Bertz CT molecular complexity index is 1660. The Morgan fingerprint density at radius 2 is 1.71 bits per heavy atom. The molecule has 0 bridgehead atoms. The first-order valence-corrected chi connectivity index (χ1v) is 12.2. The summed E-state index contributed by atoms with van der Waals surface area (Å²) in [6.45, 7) is 0.335. The van der Waals surface area contributed by atoms with Crippen LogP contribution >= 0.6 is 15.9 Å². The first-order chi connectivity index (χ1) is 18.3. The molecule has 4 amide bonds. The molecule has 0 spiro atoms. The van der Waals surface area contributed by atoms with E-state index in [9.17, 15) is 24.5 Å². The second-order valence-electron chi connectivity index (χ2n) is 8.35. The molecule has 0 atom stereocenters. The summed E-state index contributed by atoms with van der Waals surface area (Å²) in [5, 5.41) is 15.4. The van der Waals surface area contributed by atoms with Gasteiger partial charge < -0.3 is 4.74 Å². The predicted molar refractivity (Wildman–Crippen MR) is 145 cm³/mol. The van der Waals surface area contributed by atoms with E-state index >= 15 is 0 Å². The molecule has 38 heavy (non-hydrogen) atoms. The molecule has 5 rings (SSSR count). The molecule has 0 aliphatic carbocycles. The molecule has 0 saturated carbocycles. The van der Waals surface area contributed by atoms with E-state index in [0.29, 0.717) is 27.3 Å². The van der Waals surface area contributed by atoms with Gasteiger partial charge in [0.25, 0.3) is 17.5 Å². The number of nitro benzene ring substituents is 1. The van der Waals surface area contributed by atoms with Gasteiger partial charge >= 0.3 is 6.03 Å². The summed E-state index contributed by atoms with van der Waals surface area (Å²) in [5.74, 6) is -1.20. The van der Waals surface area contributed by atoms with Crippen molar-refractivity contribution in [1.82, 2.24) is 5.32 Å². The molecule has 0 radical (unpaired) electrons. The number of fused-ring (bicyclic) bond motifs is 1. The van der Waals surface area contributed by atoms with Gasteiger partial charge in [-0.3, -0.25) is 25.0 Å². The van der Waals surface area contributed by atoms with Crippen LogP contribution in [-0.2, 0) is 16.2 Å². The Hall–Kier alpha value is -4.83. The van der Waals surface area contributed by atoms with Crippen LogP contribution in [0.4, 0.5) is 16.2 Å². The Kier molecular flexibility index (Phi) is 6.71. The number of hydrogen-bond acceptors (Lipinski definition) is 6. The monoisotopic (exact) mass is 571 g/mol. The van der Waals surface area contributed by atoms with Crippen molar-refractivity contribution in [2.45, 2.75) is 6.61 Å². The zero-order chi connectivity index (χ0) is 26.8. The van der Waals surface area contributed by atoms with Crippen LogP contribution in [0.3, 0.4) is 0 Å². The summed E-state index contributed by atoms with van der Waals surface area (Å²) >= 11 is 3.48. The Labute approximate surface area is 224 Å². The molecular weight excluding hydrogens is 554 g/mol. The number of nitro groups is 1. The van der Waals surface area contributed by atoms with Crippen LogP contribution < -0.4 is 15.0 Å². The van der Waals surface area contributed by atoms with E-state index in [1.807, 2.05) is 42.5 Å². The molecule has 1 aliphatic heterocycles. The fourth-order valence-electron chi connectivity index (χ4n) is 4.10. The zero-order valence-corrected chi connectivity index (χ0v) is 21.2. The Morgan fingerprint density at radius 1 is 0.947 bits per heavy atom. The minimum Gasteiger partial charge on any atom is -0.488 e. The van der Waals surface area contributed by atoms with E-state index in [0.717, 1.165) is 22.4 Å². The van der Waals surface area contributed by atoms with Crippen molar-refractivity contribution in [3.05, 3.63) is 116 Å². The van der Waals surface area contributed by atoms with Gasteiger partial charge in [0.1, 0.15) is 17.9 Å². The first-order valence-electron chi connectivity index (χ1n) is 11.4. The number of rotatable bonds is 6. The van der Waals surface area contributed by atoms with E-state index in [1.165, 1.54) is 24.3 Å². The molecule has 4 aromatic carbocycles. The third-order valence-electron chi connectivity index (χ3n) is 5.93. The standard InChI is InChI=1S/C28H18BrN3O6/c29-24-14-17(11-12-25(24)38-16-19-7-3-6-18-5-1-2-10-22(18)19)13-23-26(33)30-28(35)31(27(23)34)20-8-4-9-21(15-20)32(36)37/h1-15H,16H2,(H,30,33,35)/b23-13+. The van der Waals surface area contributed by atoms with E-state index in [-0.39, 0.29) is 16.9 Å². The largest absolute Gasteiger partial charge is 0.488 e. The van der Waals surface area contributed by atoms with E-state index in [4.69, 9.17) is 4.74 Å². The summed E-state index contributed by atoms with van der Waals surface area (Å²) in [5.41, 5.74) is 0.900. The smallest absolute Gasteiger partial charge is 0.335 e. The lowest BCUT2D eigenvalue weighted by Crippen LogP contribution is -2.54. The molecule has 4 aromatic rings. The van der Waals surface area contributed by atoms with Crippen molar-refractivity contribution in [2.75, 3.05) is 4.90 Å². The van der Waals surface area contributed by atoms with E-state index < -0.39 is 22.8 Å². The third kappa shape index (κ3) is 4.89. The molecule has 9 nitrogen and oxygen atoms in total. The number of anilines is 1. The number of nitrogens with zero attached hydrogens (tertiary/aromatic N) is 2. The lowest BCUT2D eigenvalue weighted by molar-refractivity contribution is -0.384. The van der Waals surface area contributed by atoms with Crippen molar-refractivity contribution < 1.29 is 24.0 Å². The number of imide groups is 2. The van der Waals surface area contributed by atoms with Crippen LogP contribution in [0.1, 0.15) is 11.1 Å². The molecular formula is C28H18BrN3O6. The highest BCUT2D eigenvalue weighted by atomic mass is 79.9. The van der Waals surface area contributed by atoms with Crippen molar-refractivity contribution >= 4 is 62.0 Å². The topological polar surface area (TPSA) is 119 Å². The maximum absolute atomic E-state index is 13.1. The minimum absolute atomic E-state index is 0.0292. The molecule has 1 aliphatic rings. The fraction of sp³-hybridized carbons (Fsp3) is 0.0357. The number of carbonyl (C=O) groups is 3. The van der Waals surface area contributed by atoms with E-state index in [2.05, 4.69) is 21.2 Å². The van der Waals surface area contributed by atoms with Crippen molar-refractivity contribution in [1.29, 1.82) is 0 Å². The van der Waals surface area contributed by atoms with Crippen molar-refractivity contribution in [3.63, 3.8) is 0 Å². The summed E-state index contributed by atoms with van der Waals surface area (Å²) in [7, 11) is 0. The number of non-ortho nitro benzene ring substituents is 1. The molecule has 1 saturated heterocycles. The van der Waals surface area contributed by atoms with Gasteiger partial charge in [0.15, 0.2) is 0 Å². The average Bonchev–Trinajstić information content (AvgIpc) is 2.90. The first kappa shape index (κ1) is 24.8. The van der Waals surface area contributed by atoms with Gasteiger partial charge in [0.2, 0.25) is 0 Å². The molecule has 1 N–H and O–H groups in total. The highest BCUT2D eigenvalue weighted by molar-refractivity contribution is 9.10. The summed E-state index contributed by atoms with van der Waals surface area (Å²) in [4.78, 5) is 49.2. The van der Waals surface area contributed by atoms with Gasteiger partial charge in [0.05, 0.1) is 15.1 Å². The number of nitrogens with one attached hydrogen (secondary N) is 1. The van der Waals surface area contributed by atoms with Gasteiger partial charge in [-0.15, -0.1) is 0 Å². The van der Waals surface area contributed by atoms with Gasteiger partial charge in [-0.25, -0.2) is 9.69 Å². The number of halogens is 1. The van der Waals surface area contributed by atoms with E-state index in [1.54, 1.807) is 18.2 Å². The van der Waals surface area contributed by atoms with Crippen LogP contribution in [0.25, 0.3) is 16.8 Å². The normalized spacial score (nSPS) is 14.6. The molecule has 10 heteroatoms. The summed E-state index contributed by atoms with van der Waals surface area (Å²) in [6, 6.07) is 23.1. The van der Waals surface area contributed by atoms with Crippen molar-refractivity contribution in [2.24, 2.45) is 0 Å². The van der Waals surface area contributed by atoms with Crippen LogP contribution in [0, 0.1) is 10.1 Å². The fourth-order valence-corrected chi connectivity index (χ4v) is 4.61. The second-order valence-corrected chi connectivity index (χ2v) is 9.21. The van der Waals surface area contributed by atoms with Crippen molar-refractivity contribution in [3.8, 4) is 5.75 Å². The Balaban J connectivity index is 1.38. The summed E-state index contributed by atoms with van der Waals surface area (Å²) < 4.78 is 6.62. The van der Waals surface area contributed by atoms with Gasteiger partial charge in [0, 0.05) is 12.1 Å². The second kappa shape index (κ2) is 10.3. The number of carbonyl (C=O) groups excluding carboxylic acids is 3. The lowest BCUT2D eigenvalue weighted by Gasteiger charge is -2.26. The van der Waals surface area contributed by atoms with Gasteiger partial charge in [-0.2, -0.15) is 0 Å². The van der Waals surface area contributed by atoms with Crippen LogP contribution in [0.2, 0.25) is 0 Å². The molecule has 1 heterocycles. The van der Waals surface area contributed by atoms with Crippen LogP contribution in [0.15, 0.2) is 95.0 Å². The maximum atomic E-state index is 13.1. The molecule has 1 fully saturated rings. The molecule has 0 unspecified atom stereocenters. The molecule has 188 valence electrons. The SMILES string of the molecule is O=C1NC(=O)N(c2cccc([N+](=O)[O-])c2)C(=O)/C1=C/c1ccc(OCc2cccc3ccccc23)c(Br)c1. The van der Waals surface area contributed by atoms with Gasteiger partial charge in [-0.05, 0) is 62.1 Å². The van der Waals surface area contributed by atoms with Crippen LogP contribution in [0.5, 0.6) is 5.75 Å². The number of amides is 4. The number of benzene rings is 4. The minimum atomic E-state index is -0.990. The Morgan fingerprint density at radius 3 is 2.50 bits per heavy atom. The summed E-state index contributed by atoms with van der Waals surface area (Å²) in [6.07, 6.45) is 1.34. The van der Waals surface area contributed by atoms with Crippen LogP contribution in [-0.4, -0.2) is 22.8 Å². The zero-order valence-electron chi connectivity index (χ0n) is 19.6.